The smallest absolute Gasteiger partial charge is 0.0226 e. The summed E-state index contributed by atoms with van der Waals surface area (Å²) in [5, 5.41) is 0.823. The molecule has 12 heavy (non-hydrogen) atoms. The molecular formula is C9H20S3. The van der Waals surface area contributed by atoms with Crippen LogP contribution >= 0.6 is 35.3 Å². The Kier molecular flexibility index (Phi) is 7.06. The van der Waals surface area contributed by atoms with E-state index in [1.807, 2.05) is 23.5 Å². The van der Waals surface area contributed by atoms with E-state index < -0.39 is 0 Å². The second-order valence-corrected chi connectivity index (χ2v) is 7.63. The molecule has 0 heterocycles. The average Bonchev–Trinajstić information content (AvgIpc) is 1.96. The van der Waals surface area contributed by atoms with Crippen LogP contribution in [0.25, 0.3) is 0 Å². The first-order valence-electron chi connectivity index (χ1n) is 4.15. The minimum Gasteiger partial charge on any atom is -0.164 e. The summed E-state index contributed by atoms with van der Waals surface area (Å²) in [4.78, 5) is 0. The van der Waals surface area contributed by atoms with Gasteiger partial charge in [0.05, 0.1) is 0 Å². The highest BCUT2D eigenvalue weighted by Crippen LogP contribution is 2.27. The van der Waals surface area contributed by atoms with Gasteiger partial charge in [0.25, 0.3) is 0 Å². The van der Waals surface area contributed by atoms with Crippen molar-refractivity contribution in [3.8, 4) is 0 Å². The lowest BCUT2D eigenvalue weighted by Crippen LogP contribution is -2.16. The van der Waals surface area contributed by atoms with Gasteiger partial charge in [-0.1, -0.05) is 20.8 Å². The zero-order valence-corrected chi connectivity index (χ0v) is 11.2. The van der Waals surface area contributed by atoms with Gasteiger partial charge in [-0.25, -0.2) is 0 Å². The molecule has 0 saturated carbocycles. The molecule has 0 aromatic carbocycles. The zero-order chi connectivity index (χ0) is 9.61. The second kappa shape index (κ2) is 6.50. The molecule has 0 unspecified atom stereocenters. The van der Waals surface area contributed by atoms with E-state index in [0.29, 0.717) is 4.75 Å². The maximum Gasteiger partial charge on any atom is 0.0226 e. The molecule has 0 bridgehead atoms. The standard InChI is InChI=1S/C9H20S3/c1-9(2,3)12-7-8(11-5)6-10-4/h8H,6-7H2,1-5H3/t8-/m1/s1. The minimum atomic E-state index is 0.423. The summed E-state index contributed by atoms with van der Waals surface area (Å²) in [6, 6.07) is 0. The highest BCUT2D eigenvalue weighted by atomic mass is 32.2. The van der Waals surface area contributed by atoms with Gasteiger partial charge < -0.3 is 0 Å². The van der Waals surface area contributed by atoms with Crippen molar-refractivity contribution in [1.29, 1.82) is 0 Å². The van der Waals surface area contributed by atoms with Crippen molar-refractivity contribution < 1.29 is 0 Å². The first-order valence-corrected chi connectivity index (χ1v) is 7.82. The highest BCUT2D eigenvalue weighted by molar-refractivity contribution is 8.05. The van der Waals surface area contributed by atoms with E-state index in [2.05, 4.69) is 45.0 Å². The summed E-state index contributed by atoms with van der Waals surface area (Å²) in [7, 11) is 0. The lowest BCUT2D eigenvalue weighted by Gasteiger charge is -2.21. The lowest BCUT2D eigenvalue weighted by molar-refractivity contribution is 0.801. The van der Waals surface area contributed by atoms with Crippen LogP contribution < -0.4 is 0 Å². The van der Waals surface area contributed by atoms with Crippen molar-refractivity contribution in [2.75, 3.05) is 24.0 Å². The fraction of sp³-hybridized carbons (Fsp3) is 1.00. The molecule has 0 rings (SSSR count). The van der Waals surface area contributed by atoms with Gasteiger partial charge in [-0.3, -0.25) is 0 Å². The molecule has 0 aliphatic rings. The van der Waals surface area contributed by atoms with Crippen LogP contribution in [0.15, 0.2) is 0 Å². The summed E-state index contributed by atoms with van der Waals surface area (Å²) in [5.74, 6) is 2.57. The maximum absolute atomic E-state index is 2.29. The summed E-state index contributed by atoms with van der Waals surface area (Å²) in [6.07, 6.45) is 4.40. The Hall–Kier alpha value is 1.05. The van der Waals surface area contributed by atoms with Crippen LogP contribution in [-0.2, 0) is 0 Å². The quantitative estimate of drug-likeness (QED) is 0.700. The van der Waals surface area contributed by atoms with Gasteiger partial charge in [0.15, 0.2) is 0 Å². The van der Waals surface area contributed by atoms with Crippen LogP contribution in [0.3, 0.4) is 0 Å². The Morgan fingerprint density at radius 2 is 1.67 bits per heavy atom. The molecule has 0 saturated heterocycles. The summed E-state index contributed by atoms with van der Waals surface area (Å²) in [6.45, 7) is 6.86. The molecular weight excluding hydrogens is 204 g/mol. The molecule has 74 valence electrons. The van der Waals surface area contributed by atoms with Crippen molar-refractivity contribution in [2.45, 2.75) is 30.8 Å². The van der Waals surface area contributed by atoms with E-state index in [1.54, 1.807) is 0 Å². The van der Waals surface area contributed by atoms with Crippen molar-refractivity contribution in [3.63, 3.8) is 0 Å². The third-order valence-corrected chi connectivity index (χ3v) is 4.98. The van der Waals surface area contributed by atoms with E-state index >= 15 is 0 Å². The van der Waals surface area contributed by atoms with E-state index in [4.69, 9.17) is 0 Å². The van der Waals surface area contributed by atoms with Gasteiger partial charge in [0, 0.05) is 21.5 Å². The molecule has 0 amide bonds. The van der Waals surface area contributed by atoms with Gasteiger partial charge in [-0.05, 0) is 12.5 Å². The van der Waals surface area contributed by atoms with Crippen LogP contribution in [0, 0.1) is 0 Å². The van der Waals surface area contributed by atoms with Gasteiger partial charge in [-0.2, -0.15) is 35.3 Å². The molecule has 0 aliphatic carbocycles. The Morgan fingerprint density at radius 1 is 1.08 bits per heavy atom. The molecule has 0 nitrogen and oxygen atoms in total. The molecule has 1 atom stereocenters. The number of rotatable bonds is 5. The highest BCUT2D eigenvalue weighted by Gasteiger charge is 2.14. The second-order valence-electron chi connectivity index (χ2n) is 3.74. The topological polar surface area (TPSA) is 0 Å². The number of thioether (sulfide) groups is 3. The number of hydrogen-bond acceptors (Lipinski definition) is 3. The molecule has 0 fully saturated rings. The van der Waals surface area contributed by atoms with Gasteiger partial charge >= 0.3 is 0 Å². The van der Waals surface area contributed by atoms with Crippen LogP contribution in [0.5, 0.6) is 0 Å². The zero-order valence-electron chi connectivity index (χ0n) is 8.72. The fourth-order valence-corrected chi connectivity index (χ4v) is 3.86. The Balaban J connectivity index is 3.58. The van der Waals surface area contributed by atoms with Crippen molar-refractivity contribution in [2.24, 2.45) is 0 Å². The normalized spacial score (nSPS) is 14.8. The van der Waals surface area contributed by atoms with Crippen LogP contribution in [0.4, 0.5) is 0 Å². The fourth-order valence-electron chi connectivity index (χ4n) is 0.713. The maximum atomic E-state index is 2.29. The Labute approximate surface area is 90.0 Å². The summed E-state index contributed by atoms with van der Waals surface area (Å²) < 4.78 is 0.423. The third-order valence-electron chi connectivity index (χ3n) is 1.39. The molecule has 3 heteroatoms. The Morgan fingerprint density at radius 3 is 2.00 bits per heavy atom. The summed E-state index contributed by atoms with van der Waals surface area (Å²) in [5.41, 5.74) is 0. The molecule has 0 radical (unpaired) electrons. The van der Waals surface area contributed by atoms with Crippen molar-refractivity contribution in [1.82, 2.24) is 0 Å². The number of hydrogen-bond donors (Lipinski definition) is 0. The van der Waals surface area contributed by atoms with E-state index in [9.17, 15) is 0 Å². The van der Waals surface area contributed by atoms with Crippen LogP contribution in [0.2, 0.25) is 0 Å². The van der Waals surface area contributed by atoms with E-state index in [-0.39, 0.29) is 0 Å². The first-order chi connectivity index (χ1) is 5.49. The monoisotopic (exact) mass is 224 g/mol. The van der Waals surface area contributed by atoms with E-state index in [1.165, 1.54) is 11.5 Å². The third kappa shape index (κ3) is 7.69. The molecule has 0 aromatic heterocycles. The predicted octanol–water partition coefficient (Wildman–Crippen LogP) is 3.61. The minimum absolute atomic E-state index is 0.423. The Bertz CT molecular complexity index is 107. The molecule has 0 spiro atoms. The first kappa shape index (κ1) is 13.1. The van der Waals surface area contributed by atoms with E-state index in [0.717, 1.165) is 5.25 Å². The van der Waals surface area contributed by atoms with Crippen molar-refractivity contribution in [3.05, 3.63) is 0 Å². The lowest BCUT2D eigenvalue weighted by atomic mass is 10.3. The van der Waals surface area contributed by atoms with Gasteiger partial charge in [0.1, 0.15) is 0 Å². The largest absolute Gasteiger partial charge is 0.164 e. The van der Waals surface area contributed by atoms with Crippen LogP contribution in [-0.4, -0.2) is 34.0 Å². The molecule has 0 aliphatic heterocycles. The summed E-state index contributed by atoms with van der Waals surface area (Å²) >= 11 is 6.02. The average molecular weight is 224 g/mol. The van der Waals surface area contributed by atoms with Gasteiger partial charge in [-0.15, -0.1) is 0 Å². The van der Waals surface area contributed by atoms with Crippen molar-refractivity contribution >= 4 is 35.3 Å². The van der Waals surface area contributed by atoms with Crippen LogP contribution in [0.1, 0.15) is 20.8 Å². The van der Waals surface area contributed by atoms with Gasteiger partial charge in [0.2, 0.25) is 0 Å². The SMILES string of the molecule is CSC[C@H](CSC(C)(C)C)SC. The molecule has 0 N–H and O–H groups in total. The predicted molar refractivity (Wildman–Crippen MR) is 67.9 cm³/mol. The molecule has 0 aromatic rings.